The summed E-state index contributed by atoms with van der Waals surface area (Å²) in [6, 6.07) is 37.1. The molecule has 4 aromatic carbocycles. The first kappa shape index (κ1) is 17.4. The van der Waals surface area contributed by atoms with Crippen LogP contribution in [0.1, 0.15) is 25.0 Å². The second-order valence-corrected chi connectivity index (χ2v) is 11.6. The second-order valence-electron chi connectivity index (χ2n) is 7.78. The molecule has 138 valence electrons. The van der Waals surface area contributed by atoms with Crippen LogP contribution in [0.15, 0.2) is 103 Å². The van der Waals surface area contributed by atoms with Gasteiger partial charge in [-0.25, -0.2) is 0 Å². The van der Waals surface area contributed by atoms with Gasteiger partial charge in [0.25, 0.3) is 8.32 Å². The van der Waals surface area contributed by atoms with Gasteiger partial charge in [0, 0.05) is 0 Å². The van der Waals surface area contributed by atoms with Gasteiger partial charge in [-0.1, -0.05) is 110 Å². The lowest BCUT2D eigenvalue weighted by Gasteiger charge is -2.31. The van der Waals surface area contributed by atoms with Gasteiger partial charge >= 0.3 is 0 Å². The zero-order chi connectivity index (χ0) is 19.0. The van der Waals surface area contributed by atoms with Crippen LogP contribution in [-0.4, -0.2) is 8.32 Å². The van der Waals surface area contributed by atoms with Crippen LogP contribution in [0.5, 0.6) is 0 Å². The molecule has 5 rings (SSSR count). The number of rotatable bonds is 3. The van der Waals surface area contributed by atoms with E-state index in [4.69, 9.17) is 4.43 Å². The van der Waals surface area contributed by atoms with E-state index in [1.54, 1.807) is 0 Å². The van der Waals surface area contributed by atoms with Gasteiger partial charge in [-0.3, -0.25) is 0 Å². The Morgan fingerprint density at radius 1 is 0.679 bits per heavy atom. The van der Waals surface area contributed by atoms with Crippen LogP contribution in [0.25, 0.3) is 10.8 Å². The summed E-state index contributed by atoms with van der Waals surface area (Å²) < 4.78 is 7.17. The lowest BCUT2D eigenvalue weighted by atomic mass is 9.98. The van der Waals surface area contributed by atoms with Crippen molar-refractivity contribution in [3.05, 3.63) is 109 Å². The number of hydrogen-bond acceptors (Lipinski definition) is 1. The molecule has 4 aromatic rings. The van der Waals surface area contributed by atoms with E-state index in [1.165, 1.54) is 26.7 Å². The molecule has 0 unspecified atom stereocenters. The highest BCUT2D eigenvalue weighted by atomic mass is 28.4. The van der Waals surface area contributed by atoms with Crippen molar-refractivity contribution in [3.63, 3.8) is 0 Å². The fourth-order valence-corrected chi connectivity index (χ4v) is 9.41. The lowest BCUT2D eigenvalue weighted by Crippen LogP contribution is -2.60. The minimum atomic E-state index is -2.32. The average Bonchev–Trinajstić information content (AvgIpc) is 3.12. The van der Waals surface area contributed by atoms with Gasteiger partial charge < -0.3 is 4.43 Å². The molecule has 1 nitrogen and oxygen atoms in total. The predicted molar refractivity (Wildman–Crippen MR) is 120 cm³/mol. The summed E-state index contributed by atoms with van der Waals surface area (Å²) in [5.74, 6) is 0. The fourth-order valence-electron chi connectivity index (χ4n) is 4.84. The van der Waals surface area contributed by atoms with Crippen molar-refractivity contribution < 1.29 is 4.43 Å². The number of fused-ring (bicyclic) bond motifs is 1. The zero-order valence-electron chi connectivity index (χ0n) is 16.1. The minimum absolute atomic E-state index is 0.133. The third-order valence-electron chi connectivity index (χ3n) is 6.17. The summed E-state index contributed by atoms with van der Waals surface area (Å²) in [7, 11) is -2.32. The molecule has 1 heterocycles. The third kappa shape index (κ3) is 2.72. The molecule has 28 heavy (non-hydrogen) atoms. The molecule has 0 N–H and O–H groups in total. The Bertz CT molecular complexity index is 1050. The maximum Gasteiger partial charge on any atom is 0.259 e. The second kappa shape index (κ2) is 7.05. The molecule has 1 aliphatic heterocycles. The zero-order valence-corrected chi connectivity index (χ0v) is 17.1. The quantitative estimate of drug-likeness (QED) is 0.429. The molecule has 1 fully saturated rings. The first-order chi connectivity index (χ1) is 13.8. The molecule has 1 aliphatic rings. The van der Waals surface area contributed by atoms with Gasteiger partial charge in [0.1, 0.15) is 0 Å². The monoisotopic (exact) mass is 380 g/mol. The summed E-state index contributed by atoms with van der Waals surface area (Å²) in [6.45, 7) is 2.39. The Morgan fingerprint density at radius 2 is 1.25 bits per heavy atom. The lowest BCUT2D eigenvalue weighted by molar-refractivity contribution is 0.235. The van der Waals surface area contributed by atoms with E-state index in [0.717, 1.165) is 6.42 Å². The Balaban J connectivity index is 1.66. The standard InChI is InChI=1S/C26H24OSi/c1-20-19-26(25-18-10-12-21-11-8-9-17-24(21)25)27-28(20,22-13-4-2-5-14-22)23-15-6-3-7-16-23/h2-18,20,26H,19H2,1H3/t20-,26+/m0/s1. The van der Waals surface area contributed by atoms with E-state index in [-0.39, 0.29) is 6.10 Å². The molecular formula is C26H24OSi. The number of hydrogen-bond donors (Lipinski definition) is 0. The smallest absolute Gasteiger partial charge is 0.259 e. The van der Waals surface area contributed by atoms with E-state index < -0.39 is 8.32 Å². The van der Waals surface area contributed by atoms with E-state index in [2.05, 4.69) is 110 Å². The maximum atomic E-state index is 7.17. The Morgan fingerprint density at radius 3 is 1.93 bits per heavy atom. The van der Waals surface area contributed by atoms with Gasteiger partial charge in [0.05, 0.1) is 6.10 Å². The van der Waals surface area contributed by atoms with E-state index in [0.29, 0.717) is 5.54 Å². The SMILES string of the molecule is C[C@H]1C[C@H](c2cccc3ccccc23)O[Si]1(c1ccccc1)c1ccccc1. The molecule has 0 aliphatic carbocycles. The Kier molecular flexibility index (Phi) is 4.38. The summed E-state index contributed by atoms with van der Waals surface area (Å²) in [6.07, 6.45) is 1.19. The largest absolute Gasteiger partial charge is 0.401 e. The first-order valence-corrected chi connectivity index (χ1v) is 12.0. The van der Waals surface area contributed by atoms with Crippen molar-refractivity contribution in [2.24, 2.45) is 0 Å². The van der Waals surface area contributed by atoms with Crippen molar-refractivity contribution in [2.45, 2.75) is 25.0 Å². The van der Waals surface area contributed by atoms with Gasteiger partial charge in [0.15, 0.2) is 0 Å². The molecule has 1 saturated heterocycles. The van der Waals surface area contributed by atoms with Gasteiger partial charge in [-0.2, -0.15) is 0 Å². The van der Waals surface area contributed by atoms with E-state index >= 15 is 0 Å². The highest BCUT2D eigenvalue weighted by Gasteiger charge is 2.52. The Labute approximate surface area is 167 Å². The van der Waals surface area contributed by atoms with E-state index in [9.17, 15) is 0 Å². The van der Waals surface area contributed by atoms with Crippen molar-refractivity contribution in [1.29, 1.82) is 0 Å². The van der Waals surface area contributed by atoms with Crippen molar-refractivity contribution >= 4 is 29.5 Å². The highest BCUT2D eigenvalue weighted by molar-refractivity contribution is 6.98. The fraction of sp³-hybridized carbons (Fsp3) is 0.154. The molecular weight excluding hydrogens is 356 g/mol. The molecule has 0 spiro atoms. The average molecular weight is 381 g/mol. The molecule has 0 aromatic heterocycles. The van der Waals surface area contributed by atoms with E-state index in [1.807, 2.05) is 0 Å². The minimum Gasteiger partial charge on any atom is -0.401 e. The summed E-state index contributed by atoms with van der Waals surface area (Å²) in [5.41, 5.74) is 1.83. The molecule has 2 atom stereocenters. The van der Waals surface area contributed by atoms with Gasteiger partial charge in [-0.15, -0.1) is 0 Å². The third-order valence-corrected chi connectivity index (χ3v) is 10.8. The molecule has 0 amide bonds. The van der Waals surface area contributed by atoms with Crippen LogP contribution in [-0.2, 0) is 4.43 Å². The topological polar surface area (TPSA) is 9.23 Å². The van der Waals surface area contributed by atoms with Crippen molar-refractivity contribution in [1.82, 2.24) is 0 Å². The van der Waals surface area contributed by atoms with Crippen LogP contribution in [0.3, 0.4) is 0 Å². The summed E-state index contributed by atoms with van der Waals surface area (Å²) in [5, 5.41) is 5.34. The maximum absolute atomic E-state index is 7.17. The highest BCUT2D eigenvalue weighted by Crippen LogP contribution is 2.45. The van der Waals surface area contributed by atoms with Crippen molar-refractivity contribution in [2.75, 3.05) is 0 Å². The van der Waals surface area contributed by atoms with Crippen LogP contribution in [0.2, 0.25) is 5.54 Å². The van der Waals surface area contributed by atoms with Gasteiger partial charge in [0.2, 0.25) is 0 Å². The molecule has 0 saturated carbocycles. The molecule has 2 heteroatoms. The Hall–Kier alpha value is -2.68. The van der Waals surface area contributed by atoms with Crippen LogP contribution in [0.4, 0.5) is 0 Å². The van der Waals surface area contributed by atoms with Crippen LogP contribution >= 0.6 is 0 Å². The molecule has 0 bridgehead atoms. The first-order valence-electron chi connectivity index (χ1n) is 10.1. The van der Waals surface area contributed by atoms with Crippen LogP contribution < -0.4 is 10.4 Å². The summed E-state index contributed by atoms with van der Waals surface area (Å²) in [4.78, 5) is 0. The van der Waals surface area contributed by atoms with Crippen molar-refractivity contribution in [3.8, 4) is 0 Å². The summed E-state index contributed by atoms with van der Waals surface area (Å²) >= 11 is 0. The van der Waals surface area contributed by atoms with Crippen LogP contribution in [0, 0.1) is 0 Å². The normalized spacial score (nSPS) is 21.0. The number of benzene rings is 4. The predicted octanol–water partition coefficient (Wildman–Crippen LogP) is 5.45. The molecule has 0 radical (unpaired) electrons. The van der Waals surface area contributed by atoms with Gasteiger partial charge in [-0.05, 0) is 38.7 Å².